The number of carbonyl (C=O) groups is 2. The van der Waals surface area contributed by atoms with E-state index in [9.17, 15) is 9.59 Å². The number of hydrazone groups is 1. The van der Waals surface area contributed by atoms with E-state index in [4.69, 9.17) is 16.3 Å². The fraction of sp³-hybridized carbons (Fsp3) is 0.160. The van der Waals surface area contributed by atoms with Crippen LogP contribution in [-0.4, -0.2) is 30.4 Å². The molecular weight excluding hydrogens is 458 g/mol. The molecule has 0 atom stereocenters. The molecule has 2 amide bonds. The van der Waals surface area contributed by atoms with E-state index in [1.54, 1.807) is 42.2 Å². The van der Waals surface area contributed by atoms with Crippen LogP contribution in [0.2, 0.25) is 5.02 Å². The van der Waals surface area contributed by atoms with Crippen molar-refractivity contribution in [3.8, 4) is 5.75 Å². The molecule has 0 aliphatic heterocycles. The fourth-order valence-corrected chi connectivity index (χ4v) is 3.65. The van der Waals surface area contributed by atoms with Crippen LogP contribution in [0.4, 0.5) is 0 Å². The third kappa shape index (κ3) is 9.39. The molecule has 2 N–H and O–H groups in total. The molecule has 3 rings (SSSR count). The third-order valence-electron chi connectivity index (χ3n) is 4.40. The molecule has 3 aromatic carbocycles. The van der Waals surface area contributed by atoms with Gasteiger partial charge in [0, 0.05) is 28.6 Å². The summed E-state index contributed by atoms with van der Waals surface area (Å²) in [5, 5.41) is 7.48. The van der Waals surface area contributed by atoms with E-state index in [1.165, 1.54) is 0 Å². The van der Waals surface area contributed by atoms with Crippen molar-refractivity contribution in [1.82, 2.24) is 10.7 Å². The van der Waals surface area contributed by atoms with Crippen molar-refractivity contribution in [2.45, 2.75) is 17.9 Å². The first-order chi connectivity index (χ1) is 16.1. The molecule has 3 aromatic rings. The molecule has 33 heavy (non-hydrogen) atoms. The maximum absolute atomic E-state index is 11.9. The number of benzene rings is 3. The monoisotopic (exact) mass is 481 g/mol. The molecule has 0 aliphatic rings. The molecule has 0 saturated heterocycles. The smallest absolute Gasteiger partial charge is 0.258 e. The standard InChI is InChI=1S/C25H24ClN3O3S/c26-21-8-12-23(13-9-21)33-15-14-24(30)29-28-17-20-6-10-22(11-7-20)32-18-25(31)27-16-19-4-2-1-3-5-19/h1-13,17H,14-16,18H2,(H,27,31)(H,29,30)/b28-17-. The highest BCUT2D eigenvalue weighted by Crippen LogP contribution is 2.20. The van der Waals surface area contributed by atoms with Crippen molar-refractivity contribution < 1.29 is 14.3 Å². The number of nitrogens with zero attached hydrogens (tertiary/aromatic N) is 1. The second-order valence-corrected chi connectivity index (χ2v) is 8.57. The van der Waals surface area contributed by atoms with Crippen molar-refractivity contribution in [2.75, 3.05) is 12.4 Å². The number of halogens is 1. The highest BCUT2D eigenvalue weighted by molar-refractivity contribution is 7.99. The molecule has 0 saturated carbocycles. The lowest BCUT2D eigenvalue weighted by Crippen LogP contribution is -2.28. The van der Waals surface area contributed by atoms with Crippen LogP contribution < -0.4 is 15.5 Å². The summed E-state index contributed by atoms with van der Waals surface area (Å²) in [5.41, 5.74) is 4.35. The van der Waals surface area contributed by atoms with Gasteiger partial charge in [-0.3, -0.25) is 9.59 Å². The number of nitrogens with one attached hydrogen (secondary N) is 2. The zero-order valence-electron chi connectivity index (χ0n) is 17.9. The molecule has 0 aliphatic carbocycles. The van der Waals surface area contributed by atoms with E-state index in [2.05, 4.69) is 15.8 Å². The zero-order valence-corrected chi connectivity index (χ0v) is 19.4. The molecule has 6 nitrogen and oxygen atoms in total. The van der Waals surface area contributed by atoms with Crippen LogP contribution in [0, 0.1) is 0 Å². The van der Waals surface area contributed by atoms with Crippen LogP contribution >= 0.6 is 23.4 Å². The van der Waals surface area contributed by atoms with Gasteiger partial charge >= 0.3 is 0 Å². The summed E-state index contributed by atoms with van der Waals surface area (Å²) in [7, 11) is 0. The maximum Gasteiger partial charge on any atom is 0.258 e. The summed E-state index contributed by atoms with van der Waals surface area (Å²) < 4.78 is 5.51. The summed E-state index contributed by atoms with van der Waals surface area (Å²) in [4.78, 5) is 24.9. The lowest BCUT2D eigenvalue weighted by molar-refractivity contribution is -0.123. The Morgan fingerprint density at radius 2 is 1.67 bits per heavy atom. The van der Waals surface area contributed by atoms with Crippen molar-refractivity contribution in [1.29, 1.82) is 0 Å². The molecule has 170 valence electrons. The lowest BCUT2D eigenvalue weighted by Gasteiger charge is -2.08. The molecule has 0 unspecified atom stereocenters. The van der Waals surface area contributed by atoms with Gasteiger partial charge in [-0.2, -0.15) is 5.10 Å². The van der Waals surface area contributed by atoms with E-state index in [1.807, 2.05) is 54.6 Å². The first-order valence-corrected chi connectivity index (χ1v) is 11.7. The number of thioether (sulfide) groups is 1. The number of carbonyl (C=O) groups excluding carboxylic acids is 2. The minimum Gasteiger partial charge on any atom is -0.484 e. The highest BCUT2D eigenvalue weighted by Gasteiger charge is 2.04. The Morgan fingerprint density at radius 1 is 0.939 bits per heavy atom. The molecule has 0 bridgehead atoms. The van der Waals surface area contributed by atoms with Crippen molar-refractivity contribution in [3.63, 3.8) is 0 Å². The Morgan fingerprint density at radius 3 is 2.39 bits per heavy atom. The van der Waals surface area contributed by atoms with E-state index in [0.717, 1.165) is 16.0 Å². The molecular formula is C25H24ClN3O3S. The van der Waals surface area contributed by atoms with Gasteiger partial charge in [0.2, 0.25) is 5.91 Å². The minimum atomic E-state index is -0.193. The molecule has 0 radical (unpaired) electrons. The predicted octanol–water partition coefficient (Wildman–Crippen LogP) is 4.67. The molecule has 0 spiro atoms. The zero-order chi connectivity index (χ0) is 23.3. The number of hydrogen-bond donors (Lipinski definition) is 2. The molecule has 0 aromatic heterocycles. The average molecular weight is 482 g/mol. The Balaban J connectivity index is 1.32. The Kier molecular flexibility index (Phi) is 9.82. The van der Waals surface area contributed by atoms with Gasteiger partial charge in [0.25, 0.3) is 5.91 Å². The first-order valence-electron chi connectivity index (χ1n) is 10.3. The summed E-state index contributed by atoms with van der Waals surface area (Å²) in [5.74, 6) is 0.870. The van der Waals surface area contributed by atoms with Gasteiger partial charge < -0.3 is 10.1 Å². The normalized spacial score (nSPS) is 10.7. The Hall–Kier alpha value is -3.29. The van der Waals surface area contributed by atoms with Crippen molar-refractivity contribution >= 4 is 41.4 Å². The number of rotatable bonds is 11. The van der Waals surface area contributed by atoms with Gasteiger partial charge in [0.1, 0.15) is 5.75 Å². The van der Waals surface area contributed by atoms with Gasteiger partial charge in [0.15, 0.2) is 6.61 Å². The van der Waals surface area contributed by atoms with Gasteiger partial charge in [0.05, 0.1) is 6.21 Å². The predicted molar refractivity (Wildman–Crippen MR) is 133 cm³/mol. The maximum atomic E-state index is 11.9. The van der Waals surface area contributed by atoms with Crippen LogP contribution in [0.3, 0.4) is 0 Å². The van der Waals surface area contributed by atoms with Crippen LogP contribution in [0.1, 0.15) is 17.5 Å². The SMILES string of the molecule is O=C(COc1ccc(/C=N\NC(=O)CCSc2ccc(Cl)cc2)cc1)NCc1ccccc1. The topological polar surface area (TPSA) is 79.8 Å². The number of ether oxygens (including phenoxy) is 1. The molecule has 8 heteroatoms. The fourth-order valence-electron chi connectivity index (χ4n) is 2.67. The Labute approximate surface area is 202 Å². The summed E-state index contributed by atoms with van der Waals surface area (Å²) in [6.45, 7) is 0.397. The molecule has 0 heterocycles. The van der Waals surface area contributed by atoms with E-state index in [-0.39, 0.29) is 18.4 Å². The summed E-state index contributed by atoms with van der Waals surface area (Å²) in [6.07, 6.45) is 1.91. The van der Waals surface area contributed by atoms with E-state index >= 15 is 0 Å². The van der Waals surface area contributed by atoms with Gasteiger partial charge in [-0.15, -0.1) is 11.8 Å². The summed E-state index contributed by atoms with van der Waals surface area (Å²) in [6, 6.07) is 24.3. The van der Waals surface area contributed by atoms with Crippen LogP contribution in [-0.2, 0) is 16.1 Å². The Bertz CT molecular complexity index is 1060. The summed E-state index contributed by atoms with van der Waals surface area (Å²) >= 11 is 7.44. The quantitative estimate of drug-likeness (QED) is 0.237. The third-order valence-corrected chi connectivity index (χ3v) is 5.66. The largest absolute Gasteiger partial charge is 0.484 e. The number of hydrogen-bond acceptors (Lipinski definition) is 5. The van der Waals surface area contributed by atoms with Gasteiger partial charge in [-0.25, -0.2) is 5.43 Å². The van der Waals surface area contributed by atoms with Crippen molar-refractivity contribution in [3.05, 3.63) is 95.0 Å². The first kappa shape index (κ1) is 24.4. The highest BCUT2D eigenvalue weighted by atomic mass is 35.5. The van der Waals surface area contributed by atoms with Crippen LogP contribution in [0.15, 0.2) is 88.9 Å². The lowest BCUT2D eigenvalue weighted by atomic mass is 10.2. The minimum absolute atomic E-state index is 0.0651. The average Bonchev–Trinajstić information content (AvgIpc) is 2.84. The molecule has 0 fully saturated rings. The van der Waals surface area contributed by atoms with Crippen molar-refractivity contribution in [2.24, 2.45) is 5.10 Å². The van der Waals surface area contributed by atoms with E-state index < -0.39 is 0 Å². The van der Waals surface area contributed by atoms with E-state index in [0.29, 0.717) is 29.5 Å². The van der Waals surface area contributed by atoms with Crippen LogP contribution in [0.5, 0.6) is 5.75 Å². The van der Waals surface area contributed by atoms with Gasteiger partial charge in [-0.1, -0.05) is 41.9 Å². The van der Waals surface area contributed by atoms with Crippen LogP contribution in [0.25, 0.3) is 0 Å². The number of amides is 2. The second-order valence-electron chi connectivity index (χ2n) is 6.97. The van der Waals surface area contributed by atoms with Gasteiger partial charge in [-0.05, 0) is 59.7 Å². The second kappa shape index (κ2) is 13.3.